The van der Waals surface area contributed by atoms with E-state index < -0.39 is 29.2 Å². The standard InChI is InChI=1S/C8H12F3N3O3S/c9-8(10,11)2-1-3-13-18(16,17)7-6(5-15)4-12-14-7/h4,13,15H,1-3,5H2,(H,12,14). The summed E-state index contributed by atoms with van der Waals surface area (Å²) in [5.74, 6) is 0. The smallest absolute Gasteiger partial charge is 0.389 e. The third-order valence-corrected chi connectivity index (χ3v) is 3.52. The number of aliphatic hydroxyl groups is 1. The summed E-state index contributed by atoms with van der Waals surface area (Å²) in [7, 11) is -3.97. The molecule has 0 bridgehead atoms. The van der Waals surface area contributed by atoms with Crippen LogP contribution in [0.4, 0.5) is 13.2 Å². The Hall–Kier alpha value is -1.13. The number of alkyl halides is 3. The van der Waals surface area contributed by atoms with Crippen LogP contribution in [-0.4, -0.2) is 36.4 Å². The van der Waals surface area contributed by atoms with Gasteiger partial charge in [-0.05, 0) is 6.42 Å². The van der Waals surface area contributed by atoms with Crippen LogP contribution in [0, 0.1) is 0 Å². The zero-order valence-corrected chi connectivity index (χ0v) is 9.98. The number of halogens is 3. The molecule has 0 amide bonds. The Kier molecular flexibility index (Phi) is 4.71. The molecule has 0 radical (unpaired) electrons. The summed E-state index contributed by atoms with van der Waals surface area (Å²) < 4.78 is 60.8. The van der Waals surface area contributed by atoms with E-state index in [1.54, 1.807) is 0 Å². The van der Waals surface area contributed by atoms with E-state index in [0.717, 1.165) is 6.20 Å². The summed E-state index contributed by atoms with van der Waals surface area (Å²) in [5.41, 5.74) is 0.0540. The molecule has 0 aliphatic heterocycles. The molecular formula is C8H12F3N3O3S. The largest absolute Gasteiger partial charge is 0.392 e. The maximum Gasteiger partial charge on any atom is 0.389 e. The van der Waals surface area contributed by atoms with Gasteiger partial charge < -0.3 is 5.11 Å². The molecule has 0 unspecified atom stereocenters. The molecule has 0 saturated heterocycles. The topological polar surface area (TPSA) is 95.1 Å². The second kappa shape index (κ2) is 5.67. The van der Waals surface area contributed by atoms with E-state index in [1.807, 2.05) is 4.72 Å². The summed E-state index contributed by atoms with van der Waals surface area (Å²) in [6, 6.07) is 0. The van der Waals surface area contributed by atoms with Gasteiger partial charge in [0.2, 0.25) is 0 Å². The summed E-state index contributed by atoms with van der Waals surface area (Å²) in [4.78, 5) is 0. The van der Waals surface area contributed by atoms with Gasteiger partial charge in [-0.25, -0.2) is 13.1 Å². The van der Waals surface area contributed by atoms with Gasteiger partial charge in [0, 0.05) is 18.5 Å². The molecule has 10 heteroatoms. The molecule has 6 nitrogen and oxygen atoms in total. The lowest BCUT2D eigenvalue weighted by atomic mass is 10.3. The van der Waals surface area contributed by atoms with Gasteiger partial charge in [-0.3, -0.25) is 5.10 Å². The Morgan fingerprint density at radius 3 is 2.67 bits per heavy atom. The fourth-order valence-corrected chi connectivity index (χ4v) is 2.40. The van der Waals surface area contributed by atoms with Crippen LogP contribution in [0.1, 0.15) is 18.4 Å². The van der Waals surface area contributed by atoms with Crippen molar-refractivity contribution in [3.8, 4) is 0 Å². The third-order valence-electron chi connectivity index (χ3n) is 2.05. The SMILES string of the molecule is O=S(=O)(NCCCC(F)(F)F)c1[nH]ncc1CO. The fraction of sp³-hybridized carbons (Fsp3) is 0.625. The van der Waals surface area contributed by atoms with Gasteiger partial charge in [0.25, 0.3) is 10.0 Å². The maximum atomic E-state index is 11.8. The lowest BCUT2D eigenvalue weighted by Gasteiger charge is -2.08. The summed E-state index contributed by atoms with van der Waals surface area (Å²) in [5, 5.41) is 14.1. The minimum Gasteiger partial charge on any atom is -0.392 e. The second-order valence-corrected chi connectivity index (χ2v) is 5.20. The van der Waals surface area contributed by atoms with Crippen LogP contribution in [-0.2, 0) is 16.6 Å². The molecule has 3 N–H and O–H groups in total. The highest BCUT2D eigenvalue weighted by atomic mass is 32.2. The van der Waals surface area contributed by atoms with Gasteiger partial charge >= 0.3 is 6.18 Å². The first-order chi connectivity index (χ1) is 8.26. The van der Waals surface area contributed by atoms with Crippen molar-refractivity contribution in [3.05, 3.63) is 11.8 Å². The molecule has 1 heterocycles. The van der Waals surface area contributed by atoms with E-state index in [4.69, 9.17) is 5.11 Å². The lowest BCUT2D eigenvalue weighted by molar-refractivity contribution is -0.135. The van der Waals surface area contributed by atoms with Gasteiger partial charge in [0.15, 0.2) is 5.03 Å². The number of nitrogens with zero attached hydrogens (tertiary/aromatic N) is 1. The van der Waals surface area contributed by atoms with Crippen LogP contribution in [0.3, 0.4) is 0 Å². The van der Waals surface area contributed by atoms with E-state index in [9.17, 15) is 21.6 Å². The van der Waals surface area contributed by atoms with Crippen LogP contribution in [0.2, 0.25) is 0 Å². The molecule has 0 saturated carbocycles. The van der Waals surface area contributed by atoms with Gasteiger partial charge in [0.05, 0.1) is 12.8 Å². The zero-order valence-electron chi connectivity index (χ0n) is 9.16. The Morgan fingerprint density at radius 1 is 1.44 bits per heavy atom. The highest BCUT2D eigenvalue weighted by Crippen LogP contribution is 2.21. The van der Waals surface area contributed by atoms with Crippen molar-refractivity contribution in [1.29, 1.82) is 0 Å². The number of aliphatic hydroxyl groups excluding tert-OH is 1. The number of hydrogen-bond donors (Lipinski definition) is 3. The second-order valence-electron chi connectivity index (χ2n) is 3.50. The van der Waals surface area contributed by atoms with Gasteiger partial charge in [-0.15, -0.1) is 0 Å². The van der Waals surface area contributed by atoms with E-state index in [0.29, 0.717) is 0 Å². The first kappa shape index (κ1) is 14.9. The predicted molar refractivity (Wildman–Crippen MR) is 55.0 cm³/mol. The number of aromatic amines is 1. The van der Waals surface area contributed by atoms with Crippen molar-refractivity contribution in [3.63, 3.8) is 0 Å². The fourth-order valence-electron chi connectivity index (χ4n) is 1.21. The molecule has 1 aromatic heterocycles. The van der Waals surface area contributed by atoms with Crippen molar-refractivity contribution in [2.45, 2.75) is 30.7 Å². The molecule has 1 aromatic rings. The van der Waals surface area contributed by atoms with Crippen molar-refractivity contribution >= 4 is 10.0 Å². The summed E-state index contributed by atoms with van der Waals surface area (Å²) >= 11 is 0. The number of hydrogen-bond acceptors (Lipinski definition) is 4. The highest BCUT2D eigenvalue weighted by Gasteiger charge is 2.27. The molecule has 18 heavy (non-hydrogen) atoms. The van der Waals surface area contributed by atoms with Crippen LogP contribution in [0.15, 0.2) is 11.2 Å². The first-order valence-corrected chi connectivity index (χ1v) is 6.44. The molecular weight excluding hydrogens is 275 g/mol. The van der Waals surface area contributed by atoms with Crippen molar-refractivity contribution in [2.75, 3.05) is 6.54 Å². The molecule has 1 rings (SSSR count). The molecule has 0 aliphatic carbocycles. The highest BCUT2D eigenvalue weighted by molar-refractivity contribution is 7.89. The minimum atomic E-state index is -4.31. The van der Waals surface area contributed by atoms with Crippen molar-refractivity contribution in [2.24, 2.45) is 0 Å². The van der Waals surface area contributed by atoms with Gasteiger partial charge in [0.1, 0.15) is 0 Å². The minimum absolute atomic E-state index is 0.0540. The number of sulfonamides is 1. The van der Waals surface area contributed by atoms with Crippen molar-refractivity contribution < 1.29 is 26.7 Å². The average Bonchev–Trinajstić information content (AvgIpc) is 2.72. The Labute approximate surface area is 101 Å². The molecule has 0 aromatic carbocycles. The predicted octanol–water partition coefficient (Wildman–Crippen LogP) is 0.523. The monoisotopic (exact) mass is 287 g/mol. The number of H-pyrrole nitrogens is 1. The normalized spacial score (nSPS) is 12.9. The summed E-state index contributed by atoms with van der Waals surface area (Å²) in [6.07, 6.45) is -4.60. The van der Waals surface area contributed by atoms with E-state index in [1.165, 1.54) is 0 Å². The zero-order chi connectivity index (χ0) is 13.8. The van der Waals surface area contributed by atoms with Crippen LogP contribution >= 0.6 is 0 Å². The van der Waals surface area contributed by atoms with Gasteiger partial charge in [-0.2, -0.15) is 18.3 Å². The van der Waals surface area contributed by atoms with E-state index in [2.05, 4.69) is 10.2 Å². The molecule has 0 spiro atoms. The van der Waals surface area contributed by atoms with Crippen LogP contribution < -0.4 is 4.72 Å². The molecule has 0 fully saturated rings. The Morgan fingerprint density at radius 2 is 2.11 bits per heavy atom. The first-order valence-electron chi connectivity index (χ1n) is 4.96. The number of nitrogens with one attached hydrogen (secondary N) is 2. The lowest BCUT2D eigenvalue weighted by Crippen LogP contribution is -2.27. The van der Waals surface area contributed by atoms with E-state index in [-0.39, 0.29) is 23.6 Å². The molecule has 0 atom stereocenters. The Bertz CT molecular complexity index is 483. The van der Waals surface area contributed by atoms with Crippen molar-refractivity contribution in [1.82, 2.24) is 14.9 Å². The third kappa shape index (κ3) is 4.27. The quantitative estimate of drug-likeness (QED) is 0.665. The van der Waals surface area contributed by atoms with E-state index >= 15 is 0 Å². The number of rotatable bonds is 6. The van der Waals surface area contributed by atoms with Crippen LogP contribution in [0.5, 0.6) is 0 Å². The Balaban J connectivity index is 2.56. The average molecular weight is 287 g/mol. The molecule has 0 aliphatic rings. The maximum absolute atomic E-state index is 11.8. The van der Waals surface area contributed by atoms with Crippen LogP contribution in [0.25, 0.3) is 0 Å². The summed E-state index contributed by atoms with van der Waals surface area (Å²) in [6.45, 7) is -0.874. The van der Waals surface area contributed by atoms with Gasteiger partial charge in [-0.1, -0.05) is 0 Å². The molecule has 104 valence electrons. The number of aromatic nitrogens is 2.